The van der Waals surface area contributed by atoms with Gasteiger partial charge in [-0.15, -0.1) is 0 Å². The van der Waals surface area contributed by atoms with Gasteiger partial charge in [-0.2, -0.15) is 4.98 Å². The number of benzene rings is 1. The molecule has 10 heteroatoms. The molecule has 1 aliphatic carbocycles. The smallest absolute Gasteiger partial charge is 0.251 e. The van der Waals surface area contributed by atoms with Crippen molar-refractivity contribution in [1.82, 2.24) is 20.6 Å². The van der Waals surface area contributed by atoms with Gasteiger partial charge in [0.1, 0.15) is 11.6 Å². The molecule has 1 aromatic carbocycles. The minimum Gasteiger partial charge on any atom is -0.495 e. The first-order valence-electron chi connectivity index (χ1n) is 10.7. The zero-order valence-electron chi connectivity index (χ0n) is 18.5. The van der Waals surface area contributed by atoms with Crippen molar-refractivity contribution < 1.29 is 14.3 Å². The Morgan fingerprint density at radius 1 is 1.22 bits per heavy atom. The van der Waals surface area contributed by atoms with Crippen molar-refractivity contribution in [3.05, 3.63) is 34.4 Å². The van der Waals surface area contributed by atoms with E-state index in [-0.39, 0.29) is 23.9 Å². The van der Waals surface area contributed by atoms with Crippen LogP contribution in [0.25, 0.3) is 0 Å². The third-order valence-electron chi connectivity index (χ3n) is 5.27. The Morgan fingerprint density at radius 3 is 2.66 bits per heavy atom. The third-order valence-corrected chi connectivity index (χ3v) is 5.85. The fraction of sp³-hybridized carbons (Fsp3) is 0.455. The van der Waals surface area contributed by atoms with Gasteiger partial charge < -0.3 is 26.0 Å². The summed E-state index contributed by atoms with van der Waals surface area (Å²) in [5.74, 6) is 1.34. The number of ether oxygens (including phenoxy) is 1. The summed E-state index contributed by atoms with van der Waals surface area (Å²) in [5, 5.41) is 12.4. The number of nitrogens with one attached hydrogen (secondary N) is 4. The van der Waals surface area contributed by atoms with Crippen molar-refractivity contribution in [1.29, 1.82) is 0 Å². The van der Waals surface area contributed by atoms with Crippen LogP contribution < -0.4 is 26.0 Å². The van der Waals surface area contributed by atoms with Gasteiger partial charge in [0.05, 0.1) is 17.3 Å². The number of halogens is 1. The van der Waals surface area contributed by atoms with Crippen LogP contribution in [0.15, 0.2) is 28.9 Å². The van der Waals surface area contributed by atoms with Crippen molar-refractivity contribution in [2.75, 3.05) is 24.3 Å². The van der Waals surface area contributed by atoms with Crippen LogP contribution in [0.1, 0.15) is 49.9 Å². The van der Waals surface area contributed by atoms with Crippen LogP contribution in [0.3, 0.4) is 0 Å². The van der Waals surface area contributed by atoms with Crippen molar-refractivity contribution in [2.45, 2.75) is 51.6 Å². The standard InChI is InChI=1S/C22H29BrN6O3/c1-4-24-21(31)14-9-10-18(19(11-14)32-3)28-22-25-12-15(23)20(29-22)27-17-8-6-5-7-16(17)26-13(2)30/h9-12,16-17H,4-8H2,1-3H3,(H,24,31)(H,26,30)(H2,25,27,28,29)/t16-,17-/m1/s1. The molecule has 0 saturated heterocycles. The number of carbonyl (C=O) groups is 2. The molecule has 1 fully saturated rings. The lowest BCUT2D eigenvalue weighted by molar-refractivity contribution is -0.119. The summed E-state index contributed by atoms with van der Waals surface area (Å²) in [7, 11) is 1.54. The van der Waals surface area contributed by atoms with E-state index in [2.05, 4.69) is 47.2 Å². The molecule has 0 bridgehead atoms. The van der Waals surface area contributed by atoms with Crippen LogP contribution >= 0.6 is 15.9 Å². The van der Waals surface area contributed by atoms with E-state index in [4.69, 9.17) is 4.74 Å². The van der Waals surface area contributed by atoms with Gasteiger partial charge in [0.25, 0.3) is 5.91 Å². The largest absolute Gasteiger partial charge is 0.495 e. The van der Waals surface area contributed by atoms with E-state index in [1.54, 1.807) is 38.4 Å². The zero-order valence-corrected chi connectivity index (χ0v) is 20.1. The predicted molar refractivity (Wildman–Crippen MR) is 127 cm³/mol. The number of anilines is 3. The molecule has 1 aliphatic rings. The van der Waals surface area contributed by atoms with Crippen molar-refractivity contribution >= 4 is 45.2 Å². The molecule has 32 heavy (non-hydrogen) atoms. The topological polar surface area (TPSA) is 117 Å². The van der Waals surface area contributed by atoms with Gasteiger partial charge in [0.2, 0.25) is 11.9 Å². The molecule has 0 unspecified atom stereocenters. The Hall–Kier alpha value is -2.88. The molecule has 9 nitrogen and oxygen atoms in total. The summed E-state index contributed by atoms with van der Waals surface area (Å²) in [6.07, 6.45) is 5.73. The van der Waals surface area contributed by atoms with Gasteiger partial charge in [-0.25, -0.2) is 4.98 Å². The molecule has 0 aliphatic heterocycles. The fourth-order valence-corrected chi connectivity index (χ4v) is 4.07. The summed E-state index contributed by atoms with van der Waals surface area (Å²) in [6.45, 7) is 3.96. The average Bonchev–Trinajstić information content (AvgIpc) is 2.77. The van der Waals surface area contributed by atoms with Crippen LogP contribution in [-0.4, -0.2) is 47.5 Å². The number of aromatic nitrogens is 2. The lowest BCUT2D eigenvalue weighted by Gasteiger charge is -2.33. The Kier molecular flexibility index (Phi) is 8.26. The summed E-state index contributed by atoms with van der Waals surface area (Å²) < 4.78 is 6.18. The number of hydrogen-bond acceptors (Lipinski definition) is 7. The Bertz CT molecular complexity index is 971. The maximum absolute atomic E-state index is 12.1. The highest BCUT2D eigenvalue weighted by atomic mass is 79.9. The van der Waals surface area contributed by atoms with E-state index in [9.17, 15) is 9.59 Å². The molecule has 1 saturated carbocycles. The number of nitrogens with zero attached hydrogens (tertiary/aromatic N) is 2. The number of hydrogen-bond donors (Lipinski definition) is 4. The van der Waals surface area contributed by atoms with Gasteiger partial charge in [-0.05, 0) is 53.9 Å². The molecule has 3 rings (SSSR count). The van der Waals surface area contributed by atoms with Crippen LogP contribution in [0, 0.1) is 0 Å². The van der Waals surface area contributed by atoms with Gasteiger partial charge in [0.15, 0.2) is 0 Å². The molecule has 1 aromatic heterocycles. The van der Waals surface area contributed by atoms with Crippen molar-refractivity contribution in [3.63, 3.8) is 0 Å². The van der Waals surface area contributed by atoms with Crippen LogP contribution in [0.4, 0.5) is 17.5 Å². The molecule has 2 atom stereocenters. The molecule has 0 spiro atoms. The first kappa shape index (κ1) is 23.8. The molecule has 1 heterocycles. The highest BCUT2D eigenvalue weighted by Gasteiger charge is 2.26. The fourth-order valence-electron chi connectivity index (χ4n) is 3.76. The molecule has 172 valence electrons. The second-order valence-corrected chi connectivity index (χ2v) is 8.49. The summed E-state index contributed by atoms with van der Waals surface area (Å²) in [5.41, 5.74) is 1.15. The molecular weight excluding hydrogens is 476 g/mol. The number of methoxy groups -OCH3 is 1. The molecule has 2 amide bonds. The van der Waals surface area contributed by atoms with Gasteiger partial charge in [-0.3, -0.25) is 9.59 Å². The van der Waals surface area contributed by atoms with Gasteiger partial charge >= 0.3 is 0 Å². The average molecular weight is 505 g/mol. The van der Waals surface area contributed by atoms with Crippen molar-refractivity contribution in [3.8, 4) is 5.75 Å². The van der Waals surface area contributed by atoms with E-state index >= 15 is 0 Å². The monoisotopic (exact) mass is 504 g/mol. The van der Waals surface area contributed by atoms with E-state index in [0.29, 0.717) is 35.3 Å². The van der Waals surface area contributed by atoms with E-state index in [1.807, 2.05) is 6.92 Å². The van der Waals surface area contributed by atoms with Crippen LogP contribution in [0.2, 0.25) is 0 Å². The SMILES string of the molecule is CCNC(=O)c1ccc(Nc2ncc(Br)c(N[C@@H]3CCCC[C@H]3NC(C)=O)n2)c(OC)c1. The highest BCUT2D eigenvalue weighted by molar-refractivity contribution is 9.10. The maximum Gasteiger partial charge on any atom is 0.251 e. The summed E-state index contributed by atoms with van der Waals surface area (Å²) >= 11 is 3.51. The van der Waals surface area contributed by atoms with E-state index in [1.165, 1.54) is 0 Å². The Labute approximate surface area is 196 Å². The van der Waals surface area contributed by atoms with Crippen LogP contribution in [0.5, 0.6) is 5.75 Å². The minimum atomic E-state index is -0.162. The Morgan fingerprint density at radius 2 is 1.97 bits per heavy atom. The first-order chi connectivity index (χ1) is 15.4. The first-order valence-corrected chi connectivity index (χ1v) is 11.5. The minimum absolute atomic E-state index is 0.0315. The molecule has 0 radical (unpaired) electrons. The van der Waals surface area contributed by atoms with Gasteiger partial charge in [0, 0.05) is 37.3 Å². The molecular formula is C22H29BrN6O3. The lowest BCUT2D eigenvalue weighted by atomic mass is 9.90. The maximum atomic E-state index is 12.1. The molecule has 4 N–H and O–H groups in total. The van der Waals surface area contributed by atoms with E-state index < -0.39 is 0 Å². The van der Waals surface area contributed by atoms with Gasteiger partial charge in [-0.1, -0.05) is 12.8 Å². The number of amides is 2. The summed E-state index contributed by atoms with van der Waals surface area (Å²) in [6, 6.07) is 5.29. The number of carbonyl (C=O) groups excluding carboxylic acids is 2. The summed E-state index contributed by atoms with van der Waals surface area (Å²) in [4.78, 5) is 32.6. The van der Waals surface area contributed by atoms with Crippen LogP contribution in [-0.2, 0) is 4.79 Å². The highest BCUT2D eigenvalue weighted by Crippen LogP contribution is 2.30. The third kappa shape index (κ3) is 6.09. The van der Waals surface area contributed by atoms with E-state index in [0.717, 1.165) is 30.2 Å². The molecule has 2 aromatic rings. The lowest BCUT2D eigenvalue weighted by Crippen LogP contribution is -2.48. The normalized spacial score (nSPS) is 17.9. The second-order valence-electron chi connectivity index (χ2n) is 7.63. The van der Waals surface area contributed by atoms with Crippen molar-refractivity contribution in [2.24, 2.45) is 0 Å². The second kappa shape index (κ2) is 11.1. The Balaban J connectivity index is 1.78. The predicted octanol–water partition coefficient (Wildman–Crippen LogP) is 3.60. The zero-order chi connectivity index (χ0) is 23.1. The quantitative estimate of drug-likeness (QED) is 0.433. The number of rotatable bonds is 8.